The number of carbonyl (C=O) groups excluding carboxylic acids is 1. The van der Waals surface area contributed by atoms with Crippen LogP contribution in [0.1, 0.15) is 38.4 Å². The first-order valence-corrected chi connectivity index (χ1v) is 14.7. The lowest BCUT2D eigenvalue weighted by Crippen LogP contribution is -2.54. The number of ether oxygens (including phenoxy) is 3. The van der Waals surface area contributed by atoms with Crippen LogP contribution in [-0.2, 0) is 4.79 Å². The van der Waals surface area contributed by atoms with Crippen molar-refractivity contribution in [1.29, 1.82) is 0 Å². The summed E-state index contributed by atoms with van der Waals surface area (Å²) in [5, 5.41) is 2.63. The number of hydrogen-bond acceptors (Lipinski definition) is 8. The Morgan fingerprint density at radius 2 is 1.95 bits per heavy atom. The summed E-state index contributed by atoms with van der Waals surface area (Å²) in [7, 11) is 2.11. The molecule has 10 heteroatoms. The lowest BCUT2D eigenvalue weighted by molar-refractivity contribution is -0.128. The molecule has 6 rings (SSSR count). The molecule has 1 aromatic heterocycles. The molecule has 3 aromatic rings. The van der Waals surface area contributed by atoms with E-state index >= 15 is 0 Å². The summed E-state index contributed by atoms with van der Waals surface area (Å²) in [5.41, 5.74) is 0.937. The van der Waals surface area contributed by atoms with Gasteiger partial charge in [-0.1, -0.05) is 48.5 Å². The molecule has 4 atom stereocenters. The number of likely N-dealkylation sites (tertiary alicyclic amines) is 1. The van der Waals surface area contributed by atoms with Gasteiger partial charge in [-0.05, 0) is 57.8 Å². The van der Waals surface area contributed by atoms with Crippen LogP contribution in [0.5, 0.6) is 17.6 Å². The van der Waals surface area contributed by atoms with Gasteiger partial charge in [0.15, 0.2) is 11.9 Å². The molecule has 2 aromatic carbocycles. The first-order chi connectivity index (χ1) is 19.8. The summed E-state index contributed by atoms with van der Waals surface area (Å²) in [6.45, 7) is 10.9. The van der Waals surface area contributed by atoms with Gasteiger partial charge < -0.3 is 28.9 Å². The van der Waals surface area contributed by atoms with Crippen LogP contribution in [0.3, 0.4) is 0 Å². The van der Waals surface area contributed by atoms with E-state index in [1.54, 1.807) is 0 Å². The molecular formula is C31H36ClN5O4. The van der Waals surface area contributed by atoms with Gasteiger partial charge in [0.25, 0.3) is 5.88 Å². The topological polar surface area (TPSA) is 80.3 Å². The average molecular weight is 578 g/mol. The van der Waals surface area contributed by atoms with Crippen molar-refractivity contribution in [2.75, 3.05) is 44.7 Å². The summed E-state index contributed by atoms with van der Waals surface area (Å²) < 4.78 is 19.4. The van der Waals surface area contributed by atoms with Crippen LogP contribution in [0.25, 0.3) is 10.8 Å². The number of anilines is 1. The van der Waals surface area contributed by atoms with Crippen molar-refractivity contribution in [1.82, 2.24) is 19.8 Å². The molecule has 0 N–H and O–H groups in total. The maximum Gasteiger partial charge on any atom is 0.322 e. The Morgan fingerprint density at radius 3 is 2.68 bits per heavy atom. The van der Waals surface area contributed by atoms with Crippen LogP contribution in [0.2, 0.25) is 5.02 Å². The zero-order chi connectivity index (χ0) is 28.7. The first-order valence-electron chi connectivity index (χ1n) is 14.3. The number of likely N-dealkylation sites (N-methyl/N-ethyl adjacent to an activating group) is 1. The second kappa shape index (κ2) is 11.4. The highest BCUT2D eigenvalue weighted by Crippen LogP contribution is 2.46. The fourth-order valence-electron chi connectivity index (χ4n) is 6.16. The van der Waals surface area contributed by atoms with E-state index in [1.165, 1.54) is 6.08 Å². The maximum atomic E-state index is 12.4. The van der Waals surface area contributed by atoms with Crippen molar-refractivity contribution in [3.05, 3.63) is 59.6 Å². The first kappa shape index (κ1) is 27.6. The Hall–Kier alpha value is -3.56. The Morgan fingerprint density at radius 1 is 1.15 bits per heavy atom. The van der Waals surface area contributed by atoms with Gasteiger partial charge in [0, 0.05) is 47.7 Å². The van der Waals surface area contributed by atoms with Gasteiger partial charge in [-0.2, -0.15) is 9.97 Å². The highest BCUT2D eigenvalue weighted by Gasteiger charge is 2.38. The van der Waals surface area contributed by atoms with E-state index < -0.39 is 6.10 Å². The van der Waals surface area contributed by atoms with E-state index in [-0.39, 0.29) is 24.1 Å². The van der Waals surface area contributed by atoms with Crippen molar-refractivity contribution < 1.29 is 19.0 Å². The van der Waals surface area contributed by atoms with E-state index in [4.69, 9.17) is 35.8 Å². The van der Waals surface area contributed by atoms with Gasteiger partial charge in [-0.25, -0.2) is 0 Å². The van der Waals surface area contributed by atoms with Crippen molar-refractivity contribution in [2.45, 2.75) is 51.0 Å². The molecule has 0 bridgehead atoms. The van der Waals surface area contributed by atoms with Crippen LogP contribution in [0.15, 0.2) is 49.1 Å². The van der Waals surface area contributed by atoms with Gasteiger partial charge >= 0.3 is 6.01 Å². The van der Waals surface area contributed by atoms with Gasteiger partial charge in [0.05, 0.1) is 0 Å². The van der Waals surface area contributed by atoms with Crippen LogP contribution in [0.4, 0.5) is 5.82 Å². The maximum absolute atomic E-state index is 12.4. The minimum atomic E-state index is -0.441. The second-order valence-corrected chi connectivity index (χ2v) is 11.5. The predicted octanol–water partition coefficient (Wildman–Crippen LogP) is 4.88. The fourth-order valence-corrected chi connectivity index (χ4v) is 6.45. The quantitative estimate of drug-likeness (QED) is 0.384. The van der Waals surface area contributed by atoms with E-state index in [0.717, 1.165) is 35.7 Å². The third-order valence-electron chi connectivity index (χ3n) is 8.42. The van der Waals surface area contributed by atoms with Crippen molar-refractivity contribution in [3.8, 4) is 17.6 Å². The largest absolute Gasteiger partial charge is 0.478 e. The van der Waals surface area contributed by atoms with Crippen LogP contribution >= 0.6 is 11.6 Å². The summed E-state index contributed by atoms with van der Waals surface area (Å²) >= 11 is 6.67. The number of benzene rings is 2. The molecule has 2 saturated heterocycles. The Kier molecular flexibility index (Phi) is 7.66. The molecule has 0 spiro atoms. The molecule has 1 amide bonds. The molecule has 2 fully saturated rings. The standard InChI is InChI=1S/C31H36ClN5O4/c1-5-25(38)37-16-15-36(17-19(37)2)29-28-30(34-31(33-29)39-18-22-11-8-14-35(22)4)41-27(20(3)40-28)23-12-6-9-21-10-7-13-24(32)26(21)23/h5-7,9-10,12-13,19-20,22,27H,1,8,11,14-18H2,2-4H3/t19-,20+,22+,27?/m1/s1. The van der Waals surface area contributed by atoms with E-state index in [0.29, 0.717) is 54.8 Å². The monoisotopic (exact) mass is 577 g/mol. The molecule has 41 heavy (non-hydrogen) atoms. The highest BCUT2D eigenvalue weighted by atomic mass is 35.5. The molecule has 216 valence electrons. The average Bonchev–Trinajstić information content (AvgIpc) is 3.39. The minimum absolute atomic E-state index is 0.0381. The van der Waals surface area contributed by atoms with E-state index in [1.807, 2.05) is 55.1 Å². The zero-order valence-corrected chi connectivity index (χ0v) is 24.5. The van der Waals surface area contributed by atoms with Crippen molar-refractivity contribution in [3.63, 3.8) is 0 Å². The molecule has 3 aliphatic heterocycles. The van der Waals surface area contributed by atoms with E-state index in [2.05, 4.69) is 23.4 Å². The van der Waals surface area contributed by atoms with Crippen molar-refractivity contribution in [2.24, 2.45) is 0 Å². The zero-order valence-electron chi connectivity index (χ0n) is 23.8. The second-order valence-electron chi connectivity index (χ2n) is 11.1. The normalized spacial score (nSPS) is 24.5. The van der Waals surface area contributed by atoms with E-state index in [9.17, 15) is 4.79 Å². The number of carbonyl (C=O) groups is 1. The minimum Gasteiger partial charge on any atom is -0.478 e. The molecule has 0 radical (unpaired) electrons. The lowest BCUT2D eigenvalue weighted by atomic mass is 9.97. The third-order valence-corrected chi connectivity index (χ3v) is 8.73. The van der Waals surface area contributed by atoms with Crippen LogP contribution in [-0.4, -0.2) is 83.7 Å². The number of hydrogen-bond donors (Lipinski definition) is 0. The number of rotatable bonds is 6. The molecule has 3 aliphatic rings. The Bertz CT molecular complexity index is 1460. The number of piperazine rings is 1. The molecule has 0 aliphatic carbocycles. The molecule has 0 saturated carbocycles. The molecule has 4 heterocycles. The highest BCUT2D eigenvalue weighted by molar-refractivity contribution is 6.35. The van der Waals surface area contributed by atoms with Crippen LogP contribution in [0, 0.1) is 0 Å². The van der Waals surface area contributed by atoms with Crippen LogP contribution < -0.4 is 19.1 Å². The smallest absolute Gasteiger partial charge is 0.322 e. The fraction of sp³-hybridized carbons (Fsp3) is 0.452. The SMILES string of the molecule is C=CC(=O)N1CCN(c2nc(OC[C@@H]3CCCN3C)nc3c2O[C@@H](C)C(c2cccc4cccc(Cl)c24)O3)C[C@H]1C. The molecule has 9 nitrogen and oxygen atoms in total. The number of fused-ring (bicyclic) bond motifs is 2. The summed E-state index contributed by atoms with van der Waals surface area (Å²) in [6, 6.07) is 12.5. The molecular weight excluding hydrogens is 542 g/mol. The summed E-state index contributed by atoms with van der Waals surface area (Å²) in [6.07, 6.45) is 2.81. The number of aromatic nitrogens is 2. The number of nitrogens with zero attached hydrogens (tertiary/aromatic N) is 5. The predicted molar refractivity (Wildman–Crippen MR) is 159 cm³/mol. The summed E-state index contributed by atoms with van der Waals surface area (Å²) in [5.74, 6) is 1.37. The third kappa shape index (κ3) is 5.28. The van der Waals surface area contributed by atoms with Gasteiger partial charge in [-0.15, -0.1) is 0 Å². The summed E-state index contributed by atoms with van der Waals surface area (Å²) in [4.78, 5) is 28.2. The Balaban J connectivity index is 1.36. The van der Waals surface area contributed by atoms with Gasteiger partial charge in [0.2, 0.25) is 11.7 Å². The number of halogens is 1. The molecule has 1 unspecified atom stereocenters. The number of amides is 1. The van der Waals surface area contributed by atoms with Crippen molar-refractivity contribution >= 4 is 34.1 Å². The Labute approximate surface area is 245 Å². The lowest BCUT2D eigenvalue weighted by Gasteiger charge is -2.41. The van der Waals surface area contributed by atoms with Gasteiger partial charge in [-0.3, -0.25) is 4.79 Å². The van der Waals surface area contributed by atoms with Gasteiger partial charge in [0.1, 0.15) is 12.7 Å².